The smallest absolute Gasteiger partial charge is 0.272 e. The lowest BCUT2D eigenvalue weighted by Crippen LogP contribution is -2.47. The van der Waals surface area contributed by atoms with Crippen LogP contribution in [-0.4, -0.2) is 83.9 Å². The number of rotatable bonds is 2. The minimum absolute atomic E-state index is 0.0500. The van der Waals surface area contributed by atoms with Gasteiger partial charge in [-0.2, -0.15) is 0 Å². The molecule has 0 radical (unpaired) electrons. The largest absolute Gasteiger partial charge is 0.335 e. The molecule has 1 atom stereocenters. The first-order chi connectivity index (χ1) is 11.0. The van der Waals surface area contributed by atoms with E-state index in [9.17, 15) is 4.79 Å². The van der Waals surface area contributed by atoms with Gasteiger partial charge in [-0.3, -0.25) is 4.79 Å². The van der Waals surface area contributed by atoms with Gasteiger partial charge in [0.25, 0.3) is 5.91 Å². The molecule has 0 saturated carbocycles. The van der Waals surface area contributed by atoms with Crippen LogP contribution in [0.3, 0.4) is 0 Å². The van der Waals surface area contributed by atoms with Gasteiger partial charge in [0, 0.05) is 44.3 Å². The van der Waals surface area contributed by atoms with Gasteiger partial charge in [0.05, 0.1) is 0 Å². The number of hydrogen-bond acceptors (Lipinski definition) is 5. The molecule has 126 valence electrons. The Kier molecular flexibility index (Phi) is 4.92. The minimum atomic E-state index is 0.0500. The van der Waals surface area contributed by atoms with Crippen molar-refractivity contribution in [2.24, 2.45) is 0 Å². The van der Waals surface area contributed by atoms with Gasteiger partial charge in [0.2, 0.25) is 0 Å². The summed E-state index contributed by atoms with van der Waals surface area (Å²) >= 11 is 0. The van der Waals surface area contributed by atoms with Crippen LogP contribution in [-0.2, 0) is 0 Å². The molecule has 0 spiro atoms. The first-order valence-corrected chi connectivity index (χ1v) is 8.55. The Labute approximate surface area is 138 Å². The predicted octanol–water partition coefficient (Wildman–Crippen LogP) is 0.982. The highest BCUT2D eigenvalue weighted by molar-refractivity contribution is 5.92. The maximum atomic E-state index is 12.8. The molecule has 6 nitrogen and oxygen atoms in total. The van der Waals surface area contributed by atoms with E-state index in [4.69, 9.17) is 0 Å². The summed E-state index contributed by atoms with van der Waals surface area (Å²) < 4.78 is 0. The third-order valence-corrected chi connectivity index (χ3v) is 4.87. The van der Waals surface area contributed by atoms with Gasteiger partial charge < -0.3 is 14.7 Å². The monoisotopic (exact) mass is 317 g/mol. The zero-order valence-corrected chi connectivity index (χ0v) is 14.5. The molecule has 2 aliphatic heterocycles. The Bertz CT molecular complexity index is 568. The Hall–Kier alpha value is -1.53. The number of piperidine rings is 1. The quantitative estimate of drug-likeness (QED) is 0.814. The van der Waals surface area contributed by atoms with Crippen LogP contribution in [0, 0.1) is 6.92 Å². The number of amides is 1. The second kappa shape index (κ2) is 6.93. The molecule has 3 rings (SSSR count). The lowest BCUT2D eigenvalue weighted by atomic mass is 9.97. The van der Waals surface area contributed by atoms with Crippen molar-refractivity contribution < 1.29 is 4.79 Å². The molecule has 0 aliphatic carbocycles. The molecule has 23 heavy (non-hydrogen) atoms. The summed E-state index contributed by atoms with van der Waals surface area (Å²) in [6.45, 7) is 7.48. The topological polar surface area (TPSA) is 52.6 Å². The molecule has 1 amide bonds. The van der Waals surface area contributed by atoms with Crippen LogP contribution < -0.4 is 0 Å². The van der Waals surface area contributed by atoms with Crippen LogP contribution in [0.2, 0.25) is 0 Å². The van der Waals surface area contributed by atoms with E-state index in [1.165, 1.54) is 6.42 Å². The summed E-state index contributed by atoms with van der Waals surface area (Å²) in [7, 11) is 4.23. The summed E-state index contributed by atoms with van der Waals surface area (Å²) in [5.41, 5.74) is 1.45. The maximum absolute atomic E-state index is 12.8. The molecule has 0 aromatic carbocycles. The summed E-state index contributed by atoms with van der Waals surface area (Å²) in [4.78, 5) is 28.5. The highest BCUT2D eigenvalue weighted by Crippen LogP contribution is 2.24. The van der Waals surface area contributed by atoms with Gasteiger partial charge in [-0.1, -0.05) is 0 Å². The standard InChI is InChI=1S/C17H27N5O/c1-13-11-15(17(23)22-9-7-20(2)8-10-22)19-16(18-13)14-5-4-6-21(3)12-14/h11,14H,4-10,12H2,1-3H3/t14-/m0/s1. The highest BCUT2D eigenvalue weighted by atomic mass is 16.2. The second-order valence-electron chi connectivity index (χ2n) is 6.95. The van der Waals surface area contributed by atoms with Crippen molar-refractivity contribution in [1.29, 1.82) is 0 Å². The van der Waals surface area contributed by atoms with Crippen molar-refractivity contribution in [2.75, 3.05) is 53.4 Å². The Morgan fingerprint density at radius 2 is 1.83 bits per heavy atom. The van der Waals surface area contributed by atoms with Crippen LogP contribution in [0.25, 0.3) is 0 Å². The number of carbonyl (C=O) groups is 1. The van der Waals surface area contributed by atoms with E-state index in [1.54, 1.807) is 0 Å². The molecule has 0 N–H and O–H groups in total. The van der Waals surface area contributed by atoms with Crippen molar-refractivity contribution in [3.8, 4) is 0 Å². The van der Waals surface area contributed by atoms with Gasteiger partial charge in [-0.15, -0.1) is 0 Å². The van der Waals surface area contributed by atoms with Gasteiger partial charge in [0.15, 0.2) is 0 Å². The first kappa shape index (κ1) is 16.3. The molecule has 2 fully saturated rings. The van der Waals surface area contributed by atoms with Crippen molar-refractivity contribution in [2.45, 2.75) is 25.7 Å². The van der Waals surface area contributed by atoms with Crippen molar-refractivity contribution in [1.82, 2.24) is 24.7 Å². The molecule has 0 unspecified atom stereocenters. The fourth-order valence-electron chi connectivity index (χ4n) is 3.43. The fourth-order valence-corrected chi connectivity index (χ4v) is 3.43. The van der Waals surface area contributed by atoms with Crippen molar-refractivity contribution in [3.05, 3.63) is 23.3 Å². The van der Waals surface area contributed by atoms with E-state index >= 15 is 0 Å². The molecular weight excluding hydrogens is 290 g/mol. The molecule has 1 aromatic rings. The molecule has 1 aromatic heterocycles. The number of hydrogen-bond donors (Lipinski definition) is 0. The molecular formula is C17H27N5O. The number of likely N-dealkylation sites (tertiary alicyclic amines) is 1. The summed E-state index contributed by atoms with van der Waals surface area (Å²) in [6, 6.07) is 1.83. The lowest BCUT2D eigenvalue weighted by Gasteiger charge is -2.32. The zero-order chi connectivity index (χ0) is 16.4. The average molecular weight is 317 g/mol. The van der Waals surface area contributed by atoms with Crippen LogP contribution in [0.5, 0.6) is 0 Å². The number of aryl methyl sites for hydroxylation is 1. The van der Waals surface area contributed by atoms with E-state index in [2.05, 4.69) is 33.9 Å². The van der Waals surface area contributed by atoms with Crippen molar-refractivity contribution >= 4 is 5.91 Å². The van der Waals surface area contributed by atoms with Crippen LogP contribution in [0.15, 0.2) is 6.07 Å². The third kappa shape index (κ3) is 3.87. The number of nitrogens with zero attached hydrogens (tertiary/aromatic N) is 5. The van der Waals surface area contributed by atoms with Crippen molar-refractivity contribution in [3.63, 3.8) is 0 Å². The SMILES string of the molecule is Cc1cc(C(=O)N2CCN(C)CC2)nc([C@H]2CCCN(C)C2)n1. The van der Waals surface area contributed by atoms with Gasteiger partial charge >= 0.3 is 0 Å². The van der Waals surface area contributed by atoms with E-state index in [-0.39, 0.29) is 5.91 Å². The van der Waals surface area contributed by atoms with Crippen LogP contribution >= 0.6 is 0 Å². The number of likely N-dealkylation sites (N-methyl/N-ethyl adjacent to an activating group) is 2. The van der Waals surface area contributed by atoms with E-state index in [1.807, 2.05) is 17.9 Å². The number of aromatic nitrogens is 2. The first-order valence-electron chi connectivity index (χ1n) is 8.55. The van der Waals surface area contributed by atoms with Gasteiger partial charge in [-0.25, -0.2) is 9.97 Å². The highest BCUT2D eigenvalue weighted by Gasteiger charge is 2.25. The molecule has 0 bridgehead atoms. The lowest BCUT2D eigenvalue weighted by molar-refractivity contribution is 0.0657. The predicted molar refractivity (Wildman–Crippen MR) is 89.6 cm³/mol. The molecule has 2 saturated heterocycles. The number of carbonyl (C=O) groups excluding carboxylic acids is 1. The second-order valence-corrected chi connectivity index (χ2v) is 6.95. The normalized spacial score (nSPS) is 24.0. The Morgan fingerprint density at radius 3 is 2.52 bits per heavy atom. The summed E-state index contributed by atoms with van der Waals surface area (Å²) in [5.74, 6) is 1.23. The Morgan fingerprint density at radius 1 is 1.09 bits per heavy atom. The molecule has 3 heterocycles. The summed E-state index contributed by atoms with van der Waals surface area (Å²) in [6.07, 6.45) is 2.27. The molecule has 2 aliphatic rings. The summed E-state index contributed by atoms with van der Waals surface area (Å²) in [5, 5.41) is 0. The van der Waals surface area contributed by atoms with E-state index < -0.39 is 0 Å². The molecule has 6 heteroatoms. The zero-order valence-electron chi connectivity index (χ0n) is 14.5. The van der Waals surface area contributed by atoms with E-state index in [0.717, 1.165) is 57.2 Å². The fraction of sp³-hybridized carbons (Fsp3) is 0.706. The van der Waals surface area contributed by atoms with Gasteiger partial charge in [0.1, 0.15) is 11.5 Å². The average Bonchev–Trinajstić information content (AvgIpc) is 2.54. The van der Waals surface area contributed by atoms with Gasteiger partial charge in [-0.05, 0) is 46.5 Å². The Balaban J connectivity index is 1.78. The van der Waals surface area contributed by atoms with Crippen LogP contribution in [0.4, 0.5) is 0 Å². The maximum Gasteiger partial charge on any atom is 0.272 e. The minimum Gasteiger partial charge on any atom is -0.335 e. The van der Waals surface area contributed by atoms with E-state index in [0.29, 0.717) is 11.6 Å². The third-order valence-electron chi connectivity index (χ3n) is 4.87. The number of piperazine rings is 1. The van der Waals surface area contributed by atoms with Crippen LogP contribution in [0.1, 0.15) is 40.8 Å².